The van der Waals surface area contributed by atoms with E-state index in [9.17, 15) is 9.59 Å². The Morgan fingerprint density at radius 2 is 1.50 bits per heavy atom. The van der Waals surface area contributed by atoms with Crippen LogP contribution in [0.4, 0.5) is 10.5 Å². The van der Waals surface area contributed by atoms with Gasteiger partial charge in [0, 0.05) is 31.9 Å². The van der Waals surface area contributed by atoms with E-state index in [1.54, 1.807) is 21.9 Å². The molecule has 1 aliphatic rings. The van der Waals surface area contributed by atoms with Crippen LogP contribution in [0.15, 0.2) is 77.4 Å². The molecule has 28 heavy (non-hydrogen) atoms. The lowest BCUT2D eigenvalue weighted by atomic mass is 10.1. The average molecular weight is 375 g/mol. The molecule has 6 heteroatoms. The SMILES string of the molecule is O=C(Nc1cccc(-c2ccccc2)c1)N1CCN(C(=O)c2ccco2)CC1. The van der Waals surface area contributed by atoms with Gasteiger partial charge in [0.25, 0.3) is 5.91 Å². The number of nitrogens with one attached hydrogen (secondary N) is 1. The summed E-state index contributed by atoms with van der Waals surface area (Å²) in [5.41, 5.74) is 2.90. The Balaban J connectivity index is 1.36. The van der Waals surface area contributed by atoms with E-state index in [0.29, 0.717) is 31.9 Å². The van der Waals surface area contributed by atoms with Gasteiger partial charge in [-0.3, -0.25) is 4.79 Å². The Bertz CT molecular complexity index is 946. The highest BCUT2D eigenvalue weighted by Crippen LogP contribution is 2.22. The molecule has 142 valence electrons. The van der Waals surface area contributed by atoms with Crippen molar-refractivity contribution in [2.75, 3.05) is 31.5 Å². The molecule has 1 aromatic heterocycles. The van der Waals surface area contributed by atoms with Gasteiger partial charge >= 0.3 is 6.03 Å². The fourth-order valence-electron chi connectivity index (χ4n) is 3.28. The molecule has 1 fully saturated rings. The number of benzene rings is 2. The van der Waals surface area contributed by atoms with Gasteiger partial charge in [0.2, 0.25) is 0 Å². The minimum Gasteiger partial charge on any atom is -0.459 e. The third kappa shape index (κ3) is 3.91. The number of carbonyl (C=O) groups excluding carboxylic acids is 2. The summed E-state index contributed by atoms with van der Waals surface area (Å²) in [5, 5.41) is 2.96. The molecule has 0 bridgehead atoms. The molecule has 0 aliphatic carbocycles. The first-order chi connectivity index (χ1) is 13.7. The summed E-state index contributed by atoms with van der Waals surface area (Å²) in [6.45, 7) is 1.93. The Morgan fingerprint density at radius 3 is 2.21 bits per heavy atom. The molecule has 0 unspecified atom stereocenters. The first-order valence-corrected chi connectivity index (χ1v) is 9.25. The van der Waals surface area contributed by atoms with Crippen molar-refractivity contribution in [2.24, 2.45) is 0 Å². The molecule has 0 atom stereocenters. The number of nitrogens with zero attached hydrogens (tertiary/aromatic N) is 2. The zero-order chi connectivity index (χ0) is 19.3. The minimum atomic E-state index is -0.157. The molecule has 6 nitrogen and oxygen atoms in total. The Hall–Kier alpha value is -3.54. The third-order valence-corrected chi connectivity index (χ3v) is 4.81. The highest BCUT2D eigenvalue weighted by Gasteiger charge is 2.26. The van der Waals surface area contributed by atoms with E-state index >= 15 is 0 Å². The summed E-state index contributed by atoms with van der Waals surface area (Å²) in [6.07, 6.45) is 1.49. The number of rotatable bonds is 3. The van der Waals surface area contributed by atoms with Gasteiger partial charge < -0.3 is 19.5 Å². The average Bonchev–Trinajstić information content (AvgIpc) is 3.29. The fraction of sp³-hybridized carbons (Fsp3) is 0.182. The van der Waals surface area contributed by atoms with E-state index in [1.165, 1.54) is 6.26 Å². The van der Waals surface area contributed by atoms with Gasteiger partial charge in [0.1, 0.15) is 0 Å². The molecule has 0 radical (unpaired) electrons. The second-order valence-electron chi connectivity index (χ2n) is 6.63. The number of furan rings is 1. The van der Waals surface area contributed by atoms with Crippen LogP contribution in [0.3, 0.4) is 0 Å². The Morgan fingerprint density at radius 1 is 0.786 bits per heavy atom. The van der Waals surface area contributed by atoms with Crippen molar-refractivity contribution < 1.29 is 14.0 Å². The number of anilines is 1. The highest BCUT2D eigenvalue weighted by atomic mass is 16.3. The molecule has 1 N–H and O–H groups in total. The maximum Gasteiger partial charge on any atom is 0.321 e. The van der Waals surface area contributed by atoms with Crippen LogP contribution in [0, 0.1) is 0 Å². The quantitative estimate of drug-likeness (QED) is 0.754. The molecule has 4 rings (SSSR count). The zero-order valence-electron chi connectivity index (χ0n) is 15.4. The van der Waals surface area contributed by atoms with Gasteiger partial charge in [-0.05, 0) is 35.4 Å². The lowest BCUT2D eigenvalue weighted by molar-refractivity contribution is 0.0640. The molecule has 3 amide bonds. The topological polar surface area (TPSA) is 65.8 Å². The van der Waals surface area contributed by atoms with Gasteiger partial charge in [-0.15, -0.1) is 0 Å². The lowest BCUT2D eigenvalue weighted by Gasteiger charge is -2.34. The minimum absolute atomic E-state index is 0.138. The van der Waals surface area contributed by atoms with Crippen molar-refractivity contribution in [2.45, 2.75) is 0 Å². The number of carbonyl (C=O) groups is 2. The van der Waals surface area contributed by atoms with E-state index < -0.39 is 0 Å². The van der Waals surface area contributed by atoms with E-state index in [-0.39, 0.29) is 11.9 Å². The van der Waals surface area contributed by atoms with E-state index in [0.717, 1.165) is 16.8 Å². The van der Waals surface area contributed by atoms with E-state index in [2.05, 4.69) is 5.32 Å². The van der Waals surface area contributed by atoms with Crippen molar-refractivity contribution in [1.82, 2.24) is 9.80 Å². The van der Waals surface area contributed by atoms with Crippen LogP contribution in [0.5, 0.6) is 0 Å². The molecule has 1 aliphatic heterocycles. The number of urea groups is 1. The normalized spacial score (nSPS) is 14.0. The zero-order valence-corrected chi connectivity index (χ0v) is 15.4. The molecule has 3 aromatic rings. The molecule has 2 heterocycles. The molecule has 0 spiro atoms. The van der Waals surface area contributed by atoms with Crippen LogP contribution in [0.25, 0.3) is 11.1 Å². The molecular weight excluding hydrogens is 354 g/mol. The summed E-state index contributed by atoms with van der Waals surface area (Å²) >= 11 is 0. The first-order valence-electron chi connectivity index (χ1n) is 9.25. The Kier molecular flexibility index (Phi) is 5.10. The predicted molar refractivity (Wildman–Crippen MR) is 107 cm³/mol. The second-order valence-corrected chi connectivity index (χ2v) is 6.63. The summed E-state index contributed by atoms with van der Waals surface area (Å²) in [7, 11) is 0. The predicted octanol–water partition coefficient (Wildman–Crippen LogP) is 3.94. The summed E-state index contributed by atoms with van der Waals surface area (Å²) in [4.78, 5) is 28.4. The fourth-order valence-corrected chi connectivity index (χ4v) is 3.28. The summed E-state index contributed by atoms with van der Waals surface area (Å²) < 4.78 is 5.17. The molecular formula is C22H21N3O3. The first kappa shape index (κ1) is 17.9. The van der Waals surface area contributed by atoms with E-state index in [1.807, 2.05) is 54.6 Å². The maximum atomic E-state index is 12.6. The third-order valence-electron chi connectivity index (χ3n) is 4.81. The molecule has 2 aromatic carbocycles. The van der Waals surface area contributed by atoms with Crippen molar-refractivity contribution in [3.8, 4) is 11.1 Å². The van der Waals surface area contributed by atoms with Gasteiger partial charge in [-0.1, -0.05) is 42.5 Å². The maximum absolute atomic E-state index is 12.6. The van der Waals surface area contributed by atoms with Gasteiger partial charge in [-0.25, -0.2) is 4.79 Å². The van der Waals surface area contributed by atoms with Gasteiger partial charge in [0.15, 0.2) is 5.76 Å². The van der Waals surface area contributed by atoms with Crippen LogP contribution in [0.1, 0.15) is 10.6 Å². The van der Waals surface area contributed by atoms with Crippen LogP contribution >= 0.6 is 0 Å². The lowest BCUT2D eigenvalue weighted by Crippen LogP contribution is -2.51. The van der Waals surface area contributed by atoms with Crippen molar-refractivity contribution in [3.63, 3.8) is 0 Å². The smallest absolute Gasteiger partial charge is 0.321 e. The van der Waals surface area contributed by atoms with Gasteiger partial charge in [-0.2, -0.15) is 0 Å². The summed E-state index contributed by atoms with van der Waals surface area (Å²) in [5.74, 6) is 0.191. The standard InChI is InChI=1S/C22H21N3O3/c26-21(20-10-5-15-28-20)24-11-13-25(14-12-24)22(27)23-19-9-4-8-18(16-19)17-6-2-1-3-7-17/h1-10,15-16H,11-14H2,(H,23,27). The van der Waals surface area contributed by atoms with Crippen molar-refractivity contribution in [1.29, 1.82) is 0 Å². The molecule has 0 saturated carbocycles. The largest absolute Gasteiger partial charge is 0.459 e. The number of hydrogen-bond donors (Lipinski definition) is 1. The van der Waals surface area contributed by atoms with Gasteiger partial charge in [0.05, 0.1) is 6.26 Å². The number of hydrogen-bond acceptors (Lipinski definition) is 3. The number of piperazine rings is 1. The highest BCUT2D eigenvalue weighted by molar-refractivity contribution is 5.92. The Labute approximate surface area is 163 Å². The molecule has 1 saturated heterocycles. The van der Waals surface area contributed by atoms with Crippen LogP contribution in [-0.4, -0.2) is 47.9 Å². The van der Waals surface area contributed by atoms with Crippen molar-refractivity contribution in [3.05, 3.63) is 78.8 Å². The van der Waals surface area contributed by atoms with Crippen LogP contribution in [-0.2, 0) is 0 Å². The van der Waals surface area contributed by atoms with E-state index in [4.69, 9.17) is 4.42 Å². The monoisotopic (exact) mass is 375 g/mol. The number of amides is 3. The van der Waals surface area contributed by atoms with Crippen molar-refractivity contribution >= 4 is 17.6 Å². The van der Waals surface area contributed by atoms with Crippen LogP contribution in [0.2, 0.25) is 0 Å². The van der Waals surface area contributed by atoms with Crippen LogP contribution < -0.4 is 5.32 Å². The second kappa shape index (κ2) is 8.00. The summed E-state index contributed by atoms with van der Waals surface area (Å²) in [6, 6.07) is 21.0.